The van der Waals surface area contributed by atoms with E-state index in [0.29, 0.717) is 34.9 Å². The number of carbonyl (C=O) groups is 1. The summed E-state index contributed by atoms with van der Waals surface area (Å²) < 4.78 is 42.1. The van der Waals surface area contributed by atoms with Gasteiger partial charge in [0.25, 0.3) is 5.91 Å². The summed E-state index contributed by atoms with van der Waals surface area (Å²) >= 11 is 5.24. The van der Waals surface area contributed by atoms with Crippen molar-refractivity contribution in [2.45, 2.75) is 30.7 Å². The molecule has 1 aliphatic heterocycles. The van der Waals surface area contributed by atoms with Crippen LogP contribution in [0.25, 0.3) is 5.69 Å². The van der Waals surface area contributed by atoms with Crippen LogP contribution in [0.15, 0.2) is 53.4 Å². The van der Waals surface area contributed by atoms with Crippen LogP contribution in [0.2, 0.25) is 0 Å². The van der Waals surface area contributed by atoms with Gasteiger partial charge >= 0.3 is 0 Å². The standard InChI is InChI=1S/C21H22FN5O3S2/c22-16-6-8-17(9-7-16)27-19(24-25-21(27)31)14-23-20(28)15-4-10-18(11-5-15)32(29,30)26-12-2-1-3-13-26/h4-11H,1-3,12-14H2,(H,23,28)(H,25,31). The average molecular weight is 476 g/mol. The third-order valence-corrected chi connectivity index (χ3v) is 7.49. The molecule has 0 atom stereocenters. The van der Waals surface area contributed by atoms with Gasteiger partial charge in [0.1, 0.15) is 5.82 Å². The Morgan fingerprint density at radius 2 is 1.72 bits per heavy atom. The summed E-state index contributed by atoms with van der Waals surface area (Å²) in [5, 5.41) is 9.55. The zero-order chi connectivity index (χ0) is 22.7. The van der Waals surface area contributed by atoms with E-state index in [4.69, 9.17) is 12.2 Å². The summed E-state index contributed by atoms with van der Waals surface area (Å²) in [6.07, 6.45) is 2.75. The Labute approximate surface area is 190 Å². The molecule has 4 rings (SSSR count). The van der Waals surface area contributed by atoms with Crippen molar-refractivity contribution >= 4 is 28.1 Å². The van der Waals surface area contributed by atoms with E-state index in [1.807, 2.05) is 0 Å². The smallest absolute Gasteiger partial charge is 0.251 e. The van der Waals surface area contributed by atoms with E-state index in [0.717, 1.165) is 19.3 Å². The van der Waals surface area contributed by atoms with Gasteiger partial charge in [-0.1, -0.05) is 6.42 Å². The van der Waals surface area contributed by atoms with Gasteiger partial charge in [-0.05, 0) is 73.6 Å². The molecule has 2 aromatic carbocycles. The van der Waals surface area contributed by atoms with E-state index in [1.54, 1.807) is 16.7 Å². The summed E-state index contributed by atoms with van der Waals surface area (Å²) in [5.74, 6) is -0.310. The maximum Gasteiger partial charge on any atom is 0.251 e. The number of nitrogens with one attached hydrogen (secondary N) is 2. The molecule has 2 N–H and O–H groups in total. The third kappa shape index (κ3) is 4.64. The minimum absolute atomic E-state index is 0.0666. The van der Waals surface area contributed by atoms with Crippen molar-refractivity contribution in [1.82, 2.24) is 24.4 Å². The lowest BCUT2D eigenvalue weighted by Gasteiger charge is -2.25. The number of hydrogen-bond donors (Lipinski definition) is 2. The Hall–Kier alpha value is -2.89. The zero-order valence-corrected chi connectivity index (χ0v) is 18.8. The van der Waals surface area contributed by atoms with E-state index in [2.05, 4.69) is 15.5 Å². The lowest BCUT2D eigenvalue weighted by molar-refractivity contribution is 0.0949. The number of aromatic nitrogens is 3. The number of carbonyl (C=O) groups excluding carboxylic acids is 1. The summed E-state index contributed by atoms with van der Waals surface area (Å²) in [7, 11) is -3.55. The Kier molecular flexibility index (Phi) is 6.49. The zero-order valence-electron chi connectivity index (χ0n) is 17.1. The first kappa shape index (κ1) is 22.3. The number of aromatic amines is 1. The molecule has 8 nitrogen and oxygen atoms in total. The van der Waals surface area contributed by atoms with Crippen LogP contribution < -0.4 is 5.32 Å². The molecule has 0 aliphatic carbocycles. The monoisotopic (exact) mass is 475 g/mol. The maximum absolute atomic E-state index is 13.2. The van der Waals surface area contributed by atoms with E-state index in [9.17, 15) is 17.6 Å². The van der Waals surface area contributed by atoms with Gasteiger partial charge < -0.3 is 5.32 Å². The number of piperidine rings is 1. The van der Waals surface area contributed by atoms with Crippen molar-refractivity contribution in [2.75, 3.05) is 13.1 Å². The van der Waals surface area contributed by atoms with Crippen LogP contribution in [-0.2, 0) is 16.6 Å². The Bertz CT molecular complexity index is 1260. The van der Waals surface area contributed by atoms with Crippen LogP contribution in [0.3, 0.4) is 0 Å². The Balaban J connectivity index is 1.45. The van der Waals surface area contributed by atoms with Crippen LogP contribution in [0.1, 0.15) is 35.4 Å². The van der Waals surface area contributed by atoms with Gasteiger partial charge in [0, 0.05) is 24.3 Å². The van der Waals surface area contributed by atoms with Gasteiger partial charge in [0.2, 0.25) is 10.0 Å². The molecule has 11 heteroatoms. The van der Waals surface area contributed by atoms with Crippen molar-refractivity contribution in [3.8, 4) is 5.69 Å². The minimum atomic E-state index is -3.55. The fourth-order valence-corrected chi connectivity index (χ4v) is 5.37. The number of rotatable bonds is 6. The molecule has 32 heavy (non-hydrogen) atoms. The number of sulfonamides is 1. The van der Waals surface area contributed by atoms with Crippen molar-refractivity contribution in [1.29, 1.82) is 0 Å². The molecular weight excluding hydrogens is 453 g/mol. The van der Waals surface area contributed by atoms with Crippen molar-refractivity contribution in [3.63, 3.8) is 0 Å². The molecule has 3 aromatic rings. The first-order valence-electron chi connectivity index (χ1n) is 10.2. The van der Waals surface area contributed by atoms with Crippen molar-refractivity contribution in [3.05, 3.63) is 70.5 Å². The quantitative estimate of drug-likeness (QED) is 0.534. The fourth-order valence-electron chi connectivity index (χ4n) is 3.60. The predicted octanol–water partition coefficient (Wildman–Crippen LogP) is 3.17. The average Bonchev–Trinajstić information content (AvgIpc) is 3.19. The molecule has 1 saturated heterocycles. The van der Waals surface area contributed by atoms with Crippen LogP contribution >= 0.6 is 12.2 Å². The van der Waals surface area contributed by atoms with Crippen molar-refractivity contribution in [2.24, 2.45) is 0 Å². The molecule has 1 aromatic heterocycles. The van der Waals surface area contributed by atoms with Gasteiger partial charge in [-0.3, -0.25) is 14.5 Å². The highest BCUT2D eigenvalue weighted by molar-refractivity contribution is 7.89. The molecular formula is C21H22FN5O3S2. The third-order valence-electron chi connectivity index (χ3n) is 5.30. The van der Waals surface area contributed by atoms with Gasteiger partial charge in [0.05, 0.1) is 11.4 Å². The van der Waals surface area contributed by atoms with Gasteiger partial charge in [0.15, 0.2) is 10.6 Å². The largest absolute Gasteiger partial charge is 0.345 e. The van der Waals surface area contributed by atoms with E-state index in [1.165, 1.54) is 40.7 Å². The molecule has 0 saturated carbocycles. The number of halogens is 1. The highest BCUT2D eigenvalue weighted by atomic mass is 32.2. The second-order valence-electron chi connectivity index (χ2n) is 7.43. The second kappa shape index (κ2) is 9.31. The number of amides is 1. The minimum Gasteiger partial charge on any atom is -0.345 e. The predicted molar refractivity (Wildman–Crippen MR) is 119 cm³/mol. The Morgan fingerprint density at radius 1 is 1.06 bits per heavy atom. The molecule has 168 valence electrons. The van der Waals surface area contributed by atoms with Crippen LogP contribution in [0, 0.1) is 10.6 Å². The van der Waals surface area contributed by atoms with Crippen LogP contribution in [0.4, 0.5) is 4.39 Å². The number of H-pyrrole nitrogens is 1. The lowest BCUT2D eigenvalue weighted by Crippen LogP contribution is -2.35. The topological polar surface area (TPSA) is 100 Å². The van der Waals surface area contributed by atoms with E-state index < -0.39 is 10.0 Å². The number of hydrogen-bond acceptors (Lipinski definition) is 5. The summed E-state index contributed by atoms with van der Waals surface area (Å²) in [6, 6.07) is 11.6. The molecule has 2 heterocycles. The summed E-state index contributed by atoms with van der Waals surface area (Å²) in [5.41, 5.74) is 0.937. The first-order valence-corrected chi connectivity index (χ1v) is 12.0. The highest BCUT2D eigenvalue weighted by Gasteiger charge is 2.26. The summed E-state index contributed by atoms with van der Waals surface area (Å²) in [4.78, 5) is 12.8. The maximum atomic E-state index is 13.2. The SMILES string of the molecule is O=C(NCc1n[nH]c(=S)n1-c1ccc(F)cc1)c1ccc(S(=O)(=O)N2CCCCC2)cc1. The molecule has 1 aliphatic rings. The fraction of sp³-hybridized carbons (Fsp3) is 0.286. The van der Waals surface area contributed by atoms with E-state index in [-0.39, 0.29) is 23.2 Å². The van der Waals surface area contributed by atoms with Crippen LogP contribution in [0.5, 0.6) is 0 Å². The second-order valence-corrected chi connectivity index (χ2v) is 9.75. The molecule has 1 fully saturated rings. The van der Waals surface area contributed by atoms with Gasteiger partial charge in [-0.15, -0.1) is 0 Å². The van der Waals surface area contributed by atoms with Gasteiger partial charge in [-0.2, -0.15) is 9.40 Å². The highest BCUT2D eigenvalue weighted by Crippen LogP contribution is 2.21. The number of benzene rings is 2. The molecule has 0 unspecified atom stereocenters. The molecule has 0 radical (unpaired) electrons. The lowest BCUT2D eigenvalue weighted by atomic mass is 10.2. The number of nitrogens with zero attached hydrogens (tertiary/aromatic N) is 3. The molecule has 0 spiro atoms. The van der Waals surface area contributed by atoms with Gasteiger partial charge in [-0.25, -0.2) is 12.8 Å². The normalized spacial score (nSPS) is 14.9. The van der Waals surface area contributed by atoms with Crippen LogP contribution in [-0.4, -0.2) is 46.5 Å². The first-order chi connectivity index (χ1) is 15.4. The Morgan fingerprint density at radius 3 is 2.38 bits per heavy atom. The van der Waals surface area contributed by atoms with E-state index >= 15 is 0 Å². The summed E-state index contributed by atoms with van der Waals surface area (Å²) in [6.45, 7) is 1.11. The van der Waals surface area contributed by atoms with Crippen molar-refractivity contribution < 1.29 is 17.6 Å². The molecule has 0 bridgehead atoms. The molecule has 1 amide bonds.